The SMILES string of the molecule is CS(=O)(=O)c1ccc(Nc2oc(-c3c(F)cccc3F)nc2C(N)=O)cc1. The van der Waals surface area contributed by atoms with Gasteiger partial charge in [0.05, 0.1) is 4.90 Å². The second-order valence-corrected chi connectivity index (χ2v) is 7.59. The molecule has 3 rings (SSSR count). The Bertz CT molecular complexity index is 1110. The number of nitrogens with two attached hydrogens (primary N) is 1. The second kappa shape index (κ2) is 6.80. The van der Waals surface area contributed by atoms with Crippen LogP contribution in [0, 0.1) is 11.6 Å². The van der Waals surface area contributed by atoms with Gasteiger partial charge < -0.3 is 15.5 Å². The summed E-state index contributed by atoms with van der Waals surface area (Å²) in [6, 6.07) is 8.74. The van der Waals surface area contributed by atoms with Crippen LogP contribution in [0.15, 0.2) is 51.8 Å². The van der Waals surface area contributed by atoms with Crippen LogP contribution in [0.4, 0.5) is 20.4 Å². The highest BCUT2D eigenvalue weighted by molar-refractivity contribution is 7.90. The second-order valence-electron chi connectivity index (χ2n) is 5.58. The number of anilines is 2. The molecule has 0 spiro atoms. The third-order valence-electron chi connectivity index (χ3n) is 3.58. The van der Waals surface area contributed by atoms with Crippen molar-refractivity contribution in [1.82, 2.24) is 4.98 Å². The lowest BCUT2D eigenvalue weighted by Gasteiger charge is -2.05. The fourth-order valence-corrected chi connectivity index (χ4v) is 2.93. The lowest BCUT2D eigenvalue weighted by atomic mass is 10.2. The minimum atomic E-state index is -3.38. The first-order chi connectivity index (χ1) is 12.7. The molecule has 7 nitrogen and oxygen atoms in total. The highest BCUT2D eigenvalue weighted by atomic mass is 32.2. The summed E-state index contributed by atoms with van der Waals surface area (Å²) in [4.78, 5) is 15.5. The highest BCUT2D eigenvalue weighted by Crippen LogP contribution is 2.31. The average molecular weight is 393 g/mol. The Morgan fingerprint density at radius 3 is 2.22 bits per heavy atom. The van der Waals surface area contributed by atoms with E-state index >= 15 is 0 Å². The Kier molecular flexibility index (Phi) is 4.66. The first kappa shape index (κ1) is 18.5. The lowest BCUT2D eigenvalue weighted by Crippen LogP contribution is -2.13. The molecule has 3 N–H and O–H groups in total. The number of carbonyl (C=O) groups is 1. The van der Waals surface area contributed by atoms with E-state index in [9.17, 15) is 22.0 Å². The van der Waals surface area contributed by atoms with E-state index in [2.05, 4.69) is 10.3 Å². The van der Waals surface area contributed by atoms with E-state index in [0.717, 1.165) is 18.4 Å². The zero-order chi connectivity index (χ0) is 19.8. The van der Waals surface area contributed by atoms with Gasteiger partial charge in [0, 0.05) is 11.9 Å². The molecule has 0 aliphatic carbocycles. The number of nitrogens with zero attached hydrogens (tertiary/aromatic N) is 1. The van der Waals surface area contributed by atoms with Crippen LogP contribution < -0.4 is 11.1 Å². The summed E-state index contributed by atoms with van der Waals surface area (Å²) in [5, 5.41) is 2.69. The minimum absolute atomic E-state index is 0.0925. The third-order valence-corrected chi connectivity index (χ3v) is 4.71. The molecule has 0 saturated carbocycles. The first-order valence-corrected chi connectivity index (χ1v) is 9.38. The van der Waals surface area contributed by atoms with Crippen molar-refractivity contribution in [2.45, 2.75) is 4.90 Å². The molecule has 10 heteroatoms. The molecule has 0 aliphatic heterocycles. The maximum absolute atomic E-state index is 13.9. The first-order valence-electron chi connectivity index (χ1n) is 7.49. The zero-order valence-electron chi connectivity index (χ0n) is 13.9. The van der Waals surface area contributed by atoms with Gasteiger partial charge in [0.2, 0.25) is 11.8 Å². The Balaban J connectivity index is 2.01. The van der Waals surface area contributed by atoms with Crippen molar-refractivity contribution >= 4 is 27.3 Å². The number of halogens is 2. The predicted molar refractivity (Wildman–Crippen MR) is 93.2 cm³/mol. The lowest BCUT2D eigenvalue weighted by molar-refractivity contribution is 0.0996. The van der Waals surface area contributed by atoms with E-state index in [1.54, 1.807) is 0 Å². The number of oxazole rings is 1. The van der Waals surface area contributed by atoms with Crippen LogP contribution in [0.5, 0.6) is 0 Å². The maximum Gasteiger partial charge on any atom is 0.273 e. The number of benzene rings is 2. The number of nitrogens with one attached hydrogen (secondary N) is 1. The molecule has 27 heavy (non-hydrogen) atoms. The number of rotatable bonds is 5. The Labute approximate surface area is 152 Å². The van der Waals surface area contributed by atoms with Gasteiger partial charge in [-0.15, -0.1) is 0 Å². The number of hydrogen-bond donors (Lipinski definition) is 2. The normalized spacial score (nSPS) is 11.4. The van der Waals surface area contributed by atoms with Gasteiger partial charge in [-0.3, -0.25) is 4.79 Å². The third kappa shape index (κ3) is 3.80. The fourth-order valence-electron chi connectivity index (χ4n) is 2.30. The fraction of sp³-hybridized carbons (Fsp3) is 0.0588. The van der Waals surface area contributed by atoms with Gasteiger partial charge in [-0.25, -0.2) is 22.2 Å². The predicted octanol–water partition coefficient (Wildman–Crippen LogP) is 2.87. The molecule has 2 aromatic carbocycles. The van der Waals surface area contributed by atoms with E-state index in [1.807, 2.05) is 0 Å². The molecule has 0 atom stereocenters. The number of aromatic nitrogens is 1. The molecule has 0 radical (unpaired) electrons. The Morgan fingerprint density at radius 2 is 1.70 bits per heavy atom. The van der Waals surface area contributed by atoms with E-state index < -0.39 is 38.8 Å². The van der Waals surface area contributed by atoms with Gasteiger partial charge in [-0.05, 0) is 36.4 Å². The van der Waals surface area contributed by atoms with Crippen molar-refractivity contribution in [2.75, 3.05) is 11.6 Å². The number of amides is 1. The van der Waals surface area contributed by atoms with Crippen LogP contribution in [0.2, 0.25) is 0 Å². The molecule has 0 saturated heterocycles. The zero-order valence-corrected chi connectivity index (χ0v) is 14.7. The van der Waals surface area contributed by atoms with Crippen molar-refractivity contribution in [3.05, 3.63) is 59.8 Å². The van der Waals surface area contributed by atoms with Crippen molar-refractivity contribution < 1.29 is 26.4 Å². The topological polar surface area (TPSA) is 115 Å². The van der Waals surface area contributed by atoms with Gasteiger partial charge in [0.1, 0.15) is 17.2 Å². The van der Waals surface area contributed by atoms with Crippen LogP contribution in [-0.4, -0.2) is 25.6 Å². The monoisotopic (exact) mass is 393 g/mol. The molecular weight excluding hydrogens is 380 g/mol. The van der Waals surface area contributed by atoms with Gasteiger partial charge in [-0.2, -0.15) is 0 Å². The Hall–Kier alpha value is -3.27. The molecule has 3 aromatic rings. The van der Waals surface area contributed by atoms with Crippen LogP contribution in [0.25, 0.3) is 11.5 Å². The Morgan fingerprint density at radius 1 is 1.11 bits per heavy atom. The van der Waals surface area contributed by atoms with Gasteiger partial charge in [0.15, 0.2) is 15.5 Å². The number of sulfone groups is 1. The number of hydrogen-bond acceptors (Lipinski definition) is 6. The van der Waals surface area contributed by atoms with Crippen molar-refractivity contribution in [3.8, 4) is 11.5 Å². The van der Waals surface area contributed by atoms with Crippen LogP contribution in [0.1, 0.15) is 10.5 Å². The summed E-state index contributed by atoms with van der Waals surface area (Å²) in [5.74, 6) is -3.51. The van der Waals surface area contributed by atoms with Crippen LogP contribution in [0.3, 0.4) is 0 Å². The van der Waals surface area contributed by atoms with E-state index in [0.29, 0.717) is 5.69 Å². The number of carbonyl (C=O) groups excluding carboxylic acids is 1. The summed E-state index contributed by atoms with van der Waals surface area (Å²) in [7, 11) is -3.38. The molecular formula is C17H13F2N3O4S. The van der Waals surface area contributed by atoms with Crippen LogP contribution >= 0.6 is 0 Å². The summed E-state index contributed by atoms with van der Waals surface area (Å²) in [5.41, 5.74) is 4.69. The molecule has 1 amide bonds. The highest BCUT2D eigenvalue weighted by Gasteiger charge is 2.23. The van der Waals surface area contributed by atoms with Crippen molar-refractivity contribution in [1.29, 1.82) is 0 Å². The van der Waals surface area contributed by atoms with Crippen molar-refractivity contribution in [3.63, 3.8) is 0 Å². The quantitative estimate of drug-likeness (QED) is 0.689. The summed E-state index contributed by atoms with van der Waals surface area (Å²) < 4.78 is 56.1. The van der Waals surface area contributed by atoms with Crippen LogP contribution in [-0.2, 0) is 9.84 Å². The molecule has 0 unspecified atom stereocenters. The summed E-state index contributed by atoms with van der Waals surface area (Å²) in [6.45, 7) is 0. The summed E-state index contributed by atoms with van der Waals surface area (Å²) in [6.07, 6.45) is 1.06. The molecule has 0 aliphatic rings. The molecule has 1 heterocycles. The van der Waals surface area contributed by atoms with Gasteiger partial charge in [0.25, 0.3) is 5.91 Å². The van der Waals surface area contributed by atoms with Gasteiger partial charge in [-0.1, -0.05) is 6.07 Å². The van der Waals surface area contributed by atoms with Gasteiger partial charge >= 0.3 is 0 Å². The molecule has 0 fully saturated rings. The number of primary amides is 1. The van der Waals surface area contributed by atoms with E-state index in [-0.39, 0.29) is 16.5 Å². The summed E-state index contributed by atoms with van der Waals surface area (Å²) >= 11 is 0. The molecule has 140 valence electrons. The molecule has 0 bridgehead atoms. The average Bonchev–Trinajstić information content (AvgIpc) is 2.98. The van der Waals surface area contributed by atoms with Crippen molar-refractivity contribution in [2.24, 2.45) is 5.73 Å². The van der Waals surface area contributed by atoms with E-state index in [1.165, 1.54) is 30.3 Å². The minimum Gasteiger partial charge on any atom is -0.419 e. The molecule has 1 aromatic heterocycles. The largest absolute Gasteiger partial charge is 0.419 e. The standard InChI is InChI=1S/C17H13F2N3O4S/c1-27(24,25)10-7-5-9(6-8-10)21-17-14(15(20)23)22-16(26-17)13-11(18)3-2-4-12(13)19/h2-8,21H,1H3,(H2,20,23). The smallest absolute Gasteiger partial charge is 0.273 e. The van der Waals surface area contributed by atoms with E-state index in [4.69, 9.17) is 10.2 Å². The maximum atomic E-state index is 13.9.